The number of rotatable bonds is 5. The number of amides is 1. The van der Waals surface area contributed by atoms with Crippen LogP contribution in [0.15, 0.2) is 63.5 Å². The zero-order valence-corrected chi connectivity index (χ0v) is 25.6. The molecule has 1 aromatic heterocycles. The highest BCUT2D eigenvalue weighted by Crippen LogP contribution is 2.58. The number of hydrogen-bond donors (Lipinski definition) is 0. The minimum Gasteiger partial charge on any atom is -0.497 e. The number of hydrazone groups is 1. The number of nitrogens with zero attached hydrogens (tertiary/aromatic N) is 3. The van der Waals surface area contributed by atoms with Crippen LogP contribution in [0.1, 0.15) is 74.4 Å². The molecule has 3 unspecified atom stereocenters. The Labute approximate surface area is 248 Å². The van der Waals surface area contributed by atoms with Crippen molar-refractivity contribution in [3.8, 4) is 5.75 Å². The van der Waals surface area contributed by atoms with Gasteiger partial charge in [0.15, 0.2) is 0 Å². The molecule has 6 nitrogen and oxygen atoms in total. The first kappa shape index (κ1) is 27.6. The molecule has 3 aromatic rings. The number of thioether (sulfide) groups is 1. The van der Waals surface area contributed by atoms with Crippen LogP contribution < -0.4 is 9.61 Å². The molecule has 0 saturated heterocycles. The Balaban J connectivity index is 1.34. The van der Waals surface area contributed by atoms with Crippen LogP contribution in [0.5, 0.6) is 5.75 Å². The van der Waals surface area contributed by atoms with Gasteiger partial charge in [-0.2, -0.15) is 5.10 Å². The van der Waals surface area contributed by atoms with E-state index in [0.29, 0.717) is 29.2 Å². The molecular weight excluding hydrogens is 562 g/mol. The number of hydrogen-bond acceptors (Lipinski definition) is 6. The summed E-state index contributed by atoms with van der Waals surface area (Å²) in [6, 6.07) is 15.0. The molecule has 0 radical (unpaired) electrons. The number of halogens is 1. The molecule has 3 heterocycles. The van der Waals surface area contributed by atoms with Crippen LogP contribution in [0.3, 0.4) is 0 Å². The van der Waals surface area contributed by atoms with Crippen molar-refractivity contribution < 1.29 is 9.53 Å². The standard InChI is InChI=1S/C31H34ClN3O3S2/c1-18-5-14-24-23(15-18)28-29(40-31(24,2)3)34(30(37)39-28)17-27(36)35-26(20-8-12-22(38-4)13-9-20)16-25(33-35)19-6-10-21(32)11-7-19/h6-13,18,23-24,26H,5,14-17H2,1-4H3/t18-,23?,24?,26?/m0/s1. The summed E-state index contributed by atoms with van der Waals surface area (Å²) in [6.45, 7) is 6.89. The number of ether oxygens (including phenoxy) is 1. The van der Waals surface area contributed by atoms with Crippen molar-refractivity contribution in [2.45, 2.75) is 74.7 Å². The zero-order chi connectivity index (χ0) is 28.2. The van der Waals surface area contributed by atoms with E-state index < -0.39 is 0 Å². The van der Waals surface area contributed by atoms with Crippen molar-refractivity contribution in [1.82, 2.24) is 9.58 Å². The van der Waals surface area contributed by atoms with Gasteiger partial charge < -0.3 is 4.74 Å². The summed E-state index contributed by atoms with van der Waals surface area (Å²) in [7, 11) is 1.64. The second-order valence-corrected chi connectivity index (χ2v) is 14.8. The molecular formula is C31H34ClN3O3S2. The lowest BCUT2D eigenvalue weighted by atomic mass is 9.69. The van der Waals surface area contributed by atoms with E-state index in [0.717, 1.165) is 34.0 Å². The van der Waals surface area contributed by atoms with Gasteiger partial charge in [0.05, 0.1) is 23.9 Å². The molecule has 0 spiro atoms. The number of aromatic nitrogens is 1. The molecule has 6 rings (SSSR count). The lowest BCUT2D eigenvalue weighted by molar-refractivity contribution is -0.133. The van der Waals surface area contributed by atoms with Crippen molar-refractivity contribution in [2.75, 3.05) is 7.11 Å². The Morgan fingerprint density at radius 1 is 1.12 bits per heavy atom. The molecule has 1 aliphatic carbocycles. The molecule has 1 amide bonds. The summed E-state index contributed by atoms with van der Waals surface area (Å²) >= 11 is 9.24. The number of thiazole rings is 1. The molecule has 9 heteroatoms. The number of carbonyl (C=O) groups is 1. The average molecular weight is 596 g/mol. The average Bonchev–Trinajstić information content (AvgIpc) is 3.51. The van der Waals surface area contributed by atoms with Crippen LogP contribution in [-0.2, 0) is 11.3 Å². The molecule has 0 bridgehead atoms. The van der Waals surface area contributed by atoms with Gasteiger partial charge in [0.1, 0.15) is 12.3 Å². The van der Waals surface area contributed by atoms with Crippen LogP contribution in [-0.4, -0.2) is 33.1 Å². The summed E-state index contributed by atoms with van der Waals surface area (Å²) in [5, 5.41) is 8.03. The highest BCUT2D eigenvalue weighted by atomic mass is 35.5. The normalized spacial score (nSPS) is 25.2. The highest BCUT2D eigenvalue weighted by Gasteiger charge is 2.47. The van der Waals surface area contributed by atoms with Crippen molar-refractivity contribution in [3.05, 3.63) is 79.2 Å². The monoisotopic (exact) mass is 595 g/mol. The van der Waals surface area contributed by atoms with Crippen molar-refractivity contribution in [2.24, 2.45) is 16.9 Å². The predicted molar refractivity (Wildman–Crippen MR) is 163 cm³/mol. The van der Waals surface area contributed by atoms with Gasteiger partial charge in [0.25, 0.3) is 5.91 Å². The van der Waals surface area contributed by atoms with Gasteiger partial charge in [-0.25, -0.2) is 5.01 Å². The second-order valence-electron chi connectivity index (χ2n) is 11.7. The lowest BCUT2D eigenvalue weighted by Gasteiger charge is -2.47. The van der Waals surface area contributed by atoms with Gasteiger partial charge in [-0.3, -0.25) is 14.2 Å². The van der Waals surface area contributed by atoms with Gasteiger partial charge in [0.2, 0.25) is 0 Å². The lowest BCUT2D eigenvalue weighted by Crippen LogP contribution is -2.40. The predicted octanol–water partition coefficient (Wildman–Crippen LogP) is 7.35. The smallest absolute Gasteiger partial charge is 0.308 e. The second kappa shape index (κ2) is 10.7. The molecule has 1 saturated carbocycles. The van der Waals surface area contributed by atoms with E-state index in [1.807, 2.05) is 48.5 Å². The van der Waals surface area contributed by atoms with Crippen LogP contribution >= 0.6 is 34.7 Å². The fourth-order valence-corrected chi connectivity index (χ4v) is 9.50. The molecule has 2 aromatic carbocycles. The third kappa shape index (κ3) is 5.03. The molecule has 2 aliphatic heterocycles. The van der Waals surface area contributed by atoms with Crippen molar-refractivity contribution in [1.29, 1.82) is 0 Å². The summed E-state index contributed by atoms with van der Waals surface area (Å²) in [4.78, 5) is 28.5. The largest absolute Gasteiger partial charge is 0.497 e. The van der Waals surface area contributed by atoms with E-state index in [-0.39, 0.29) is 28.1 Å². The van der Waals surface area contributed by atoms with Crippen LogP contribution in [0.25, 0.3) is 0 Å². The fourth-order valence-electron chi connectivity index (χ4n) is 6.56. The Bertz CT molecular complexity index is 1510. The van der Waals surface area contributed by atoms with E-state index in [1.165, 1.54) is 29.1 Å². The first-order valence-electron chi connectivity index (χ1n) is 13.9. The maximum Gasteiger partial charge on any atom is 0.308 e. The molecule has 4 atom stereocenters. The number of carbonyl (C=O) groups excluding carboxylic acids is 1. The number of benzene rings is 2. The molecule has 0 N–H and O–H groups in total. The molecule has 40 heavy (non-hydrogen) atoms. The summed E-state index contributed by atoms with van der Waals surface area (Å²) < 4.78 is 7.07. The minimum absolute atomic E-state index is 0.00922. The highest BCUT2D eigenvalue weighted by molar-refractivity contribution is 8.00. The molecule has 3 aliphatic rings. The fraction of sp³-hybridized carbons (Fsp3) is 0.452. The Morgan fingerprint density at radius 3 is 2.55 bits per heavy atom. The SMILES string of the molecule is COc1ccc(C2CC(c3ccc(Cl)cc3)=NN2C(=O)Cn2c3c(sc2=O)C2C[C@@H](C)CCC2C(C)(C)S3)cc1. The maximum absolute atomic E-state index is 14.0. The summed E-state index contributed by atoms with van der Waals surface area (Å²) in [5.74, 6) is 2.15. The zero-order valence-electron chi connectivity index (χ0n) is 23.2. The van der Waals surface area contributed by atoms with Gasteiger partial charge in [0, 0.05) is 27.0 Å². The Morgan fingerprint density at radius 2 is 1.85 bits per heavy atom. The van der Waals surface area contributed by atoms with Gasteiger partial charge in [-0.05, 0) is 60.1 Å². The summed E-state index contributed by atoms with van der Waals surface area (Å²) in [6.07, 6.45) is 4.11. The van der Waals surface area contributed by atoms with Gasteiger partial charge in [-0.15, -0.1) is 11.8 Å². The first-order chi connectivity index (χ1) is 19.1. The van der Waals surface area contributed by atoms with E-state index in [4.69, 9.17) is 21.4 Å². The van der Waals surface area contributed by atoms with Crippen molar-refractivity contribution in [3.63, 3.8) is 0 Å². The quantitative estimate of drug-likeness (QED) is 0.309. The molecule has 210 valence electrons. The van der Waals surface area contributed by atoms with Crippen LogP contribution in [0.4, 0.5) is 0 Å². The number of methoxy groups -OCH3 is 1. The van der Waals surface area contributed by atoms with E-state index in [9.17, 15) is 9.59 Å². The van der Waals surface area contributed by atoms with Crippen LogP contribution in [0, 0.1) is 11.8 Å². The third-order valence-corrected chi connectivity index (χ3v) is 11.7. The van der Waals surface area contributed by atoms with E-state index >= 15 is 0 Å². The number of fused-ring (bicyclic) bond motifs is 3. The van der Waals surface area contributed by atoms with Gasteiger partial charge >= 0.3 is 4.87 Å². The molecule has 1 fully saturated rings. The van der Waals surface area contributed by atoms with Gasteiger partial charge in [-0.1, -0.05) is 74.4 Å². The summed E-state index contributed by atoms with van der Waals surface area (Å²) in [5.41, 5.74) is 2.72. The maximum atomic E-state index is 14.0. The van der Waals surface area contributed by atoms with E-state index in [2.05, 4.69) is 20.8 Å². The Hall–Kier alpha value is -2.55. The Kier molecular flexibility index (Phi) is 7.38. The minimum atomic E-state index is -0.276. The topological polar surface area (TPSA) is 63.9 Å². The first-order valence-corrected chi connectivity index (χ1v) is 15.9. The third-order valence-electron chi connectivity index (χ3n) is 8.71. The van der Waals surface area contributed by atoms with E-state index in [1.54, 1.807) is 28.4 Å². The van der Waals surface area contributed by atoms with Crippen LogP contribution in [0.2, 0.25) is 5.02 Å². The van der Waals surface area contributed by atoms with Crippen molar-refractivity contribution >= 4 is 46.3 Å².